The fourth-order valence-corrected chi connectivity index (χ4v) is 2.75. The zero-order chi connectivity index (χ0) is 12.5. The molecule has 3 nitrogen and oxygen atoms in total. The predicted octanol–water partition coefficient (Wildman–Crippen LogP) is 3.54. The summed E-state index contributed by atoms with van der Waals surface area (Å²) in [5, 5.41) is 4.33. The van der Waals surface area contributed by atoms with Crippen LogP contribution < -0.4 is 5.32 Å². The van der Waals surface area contributed by atoms with Gasteiger partial charge in [0.05, 0.1) is 6.04 Å². The lowest BCUT2D eigenvalue weighted by Crippen LogP contribution is -2.08. The number of fused-ring (bicyclic) bond motifs is 1. The first-order valence-electron chi connectivity index (χ1n) is 6.06. The number of benzene rings is 1. The Labute approximate surface area is 111 Å². The Morgan fingerprint density at radius 2 is 2.22 bits per heavy atom. The normalized spacial score (nSPS) is 17.6. The van der Waals surface area contributed by atoms with Crippen molar-refractivity contribution in [1.82, 2.24) is 9.97 Å². The number of aromatic nitrogens is 2. The molecule has 1 aliphatic carbocycles. The second-order valence-electron chi connectivity index (χ2n) is 4.59. The van der Waals surface area contributed by atoms with Crippen LogP contribution in [0.3, 0.4) is 0 Å². The van der Waals surface area contributed by atoms with Crippen LogP contribution in [0.5, 0.6) is 0 Å². The van der Waals surface area contributed by atoms with Crippen molar-refractivity contribution in [2.75, 3.05) is 5.32 Å². The highest BCUT2D eigenvalue weighted by molar-refractivity contribution is 6.31. The Morgan fingerprint density at radius 1 is 1.33 bits per heavy atom. The third-order valence-electron chi connectivity index (χ3n) is 3.34. The molecule has 0 saturated carbocycles. The smallest absolute Gasteiger partial charge is 0.130 e. The van der Waals surface area contributed by atoms with Gasteiger partial charge < -0.3 is 5.32 Å². The Morgan fingerprint density at radius 3 is 3.06 bits per heavy atom. The van der Waals surface area contributed by atoms with Crippen molar-refractivity contribution in [2.45, 2.75) is 25.8 Å². The Hall–Kier alpha value is -1.61. The molecule has 2 aromatic rings. The quantitative estimate of drug-likeness (QED) is 0.896. The first kappa shape index (κ1) is 11.5. The van der Waals surface area contributed by atoms with E-state index in [0.29, 0.717) is 6.04 Å². The van der Waals surface area contributed by atoms with Crippen molar-refractivity contribution in [1.29, 1.82) is 0 Å². The van der Waals surface area contributed by atoms with Gasteiger partial charge in [0.1, 0.15) is 12.1 Å². The standard InChI is InChI=1S/C14H14ClN3/c1-9-7-14(17-8-16-9)18-13-6-5-10-11(13)3-2-4-12(10)15/h2-4,7-8,13H,5-6H2,1H3,(H,16,17,18). The molecule has 0 radical (unpaired) electrons. The molecule has 1 unspecified atom stereocenters. The van der Waals surface area contributed by atoms with Gasteiger partial charge in [0.15, 0.2) is 0 Å². The molecule has 1 aromatic carbocycles. The second kappa shape index (κ2) is 4.58. The van der Waals surface area contributed by atoms with Crippen molar-refractivity contribution < 1.29 is 0 Å². The highest BCUT2D eigenvalue weighted by Gasteiger charge is 2.24. The van der Waals surface area contributed by atoms with Gasteiger partial charge in [-0.1, -0.05) is 23.7 Å². The molecule has 1 heterocycles. The first-order valence-corrected chi connectivity index (χ1v) is 6.44. The van der Waals surface area contributed by atoms with E-state index < -0.39 is 0 Å². The van der Waals surface area contributed by atoms with Gasteiger partial charge in [0.2, 0.25) is 0 Å². The van der Waals surface area contributed by atoms with Gasteiger partial charge in [-0.2, -0.15) is 0 Å². The zero-order valence-electron chi connectivity index (χ0n) is 10.2. The molecule has 18 heavy (non-hydrogen) atoms. The van der Waals surface area contributed by atoms with E-state index in [-0.39, 0.29) is 0 Å². The molecule has 1 aliphatic rings. The van der Waals surface area contributed by atoms with Crippen LogP contribution in [0.1, 0.15) is 29.3 Å². The molecule has 0 fully saturated rings. The number of hydrogen-bond donors (Lipinski definition) is 1. The number of rotatable bonds is 2. The number of aryl methyl sites for hydroxylation is 1. The maximum atomic E-state index is 6.21. The number of hydrogen-bond acceptors (Lipinski definition) is 3. The number of anilines is 1. The first-order chi connectivity index (χ1) is 8.74. The highest BCUT2D eigenvalue weighted by atomic mass is 35.5. The Balaban J connectivity index is 1.87. The molecule has 1 aromatic heterocycles. The van der Waals surface area contributed by atoms with Crippen molar-refractivity contribution in [3.8, 4) is 0 Å². The van der Waals surface area contributed by atoms with Gasteiger partial charge in [0, 0.05) is 16.8 Å². The lowest BCUT2D eigenvalue weighted by atomic mass is 10.1. The van der Waals surface area contributed by atoms with Crippen LogP contribution in [0, 0.1) is 6.92 Å². The van der Waals surface area contributed by atoms with Crippen LogP contribution in [-0.2, 0) is 6.42 Å². The highest BCUT2D eigenvalue weighted by Crippen LogP contribution is 2.37. The molecule has 0 aliphatic heterocycles. The molecule has 0 spiro atoms. The minimum atomic E-state index is 0.299. The number of nitrogens with one attached hydrogen (secondary N) is 1. The molecule has 0 amide bonds. The monoisotopic (exact) mass is 259 g/mol. The summed E-state index contributed by atoms with van der Waals surface area (Å²) in [5.41, 5.74) is 3.53. The van der Waals surface area contributed by atoms with Gasteiger partial charge in [-0.25, -0.2) is 9.97 Å². The molecular formula is C14H14ClN3. The number of nitrogens with zero attached hydrogens (tertiary/aromatic N) is 2. The van der Waals surface area contributed by atoms with Gasteiger partial charge in [-0.3, -0.25) is 0 Å². The van der Waals surface area contributed by atoms with Crippen LogP contribution in [-0.4, -0.2) is 9.97 Å². The van der Waals surface area contributed by atoms with Crippen molar-refractivity contribution in [2.24, 2.45) is 0 Å². The van der Waals surface area contributed by atoms with Gasteiger partial charge in [-0.05, 0) is 37.0 Å². The summed E-state index contributed by atoms with van der Waals surface area (Å²) in [6.07, 6.45) is 3.67. The van der Waals surface area contributed by atoms with Crippen molar-refractivity contribution >= 4 is 17.4 Å². The average Bonchev–Trinajstić information content (AvgIpc) is 2.74. The molecule has 4 heteroatoms. The van der Waals surface area contributed by atoms with Crippen molar-refractivity contribution in [3.05, 3.63) is 52.4 Å². The average molecular weight is 260 g/mol. The lowest BCUT2D eigenvalue weighted by Gasteiger charge is -2.14. The van der Waals surface area contributed by atoms with Crippen LogP contribution in [0.4, 0.5) is 5.82 Å². The summed E-state index contributed by atoms with van der Waals surface area (Å²) in [7, 11) is 0. The summed E-state index contributed by atoms with van der Waals surface area (Å²) in [6, 6.07) is 8.36. The van der Waals surface area contributed by atoms with Gasteiger partial charge in [0.25, 0.3) is 0 Å². The van der Waals surface area contributed by atoms with Crippen LogP contribution >= 0.6 is 11.6 Å². The molecule has 1 N–H and O–H groups in total. The topological polar surface area (TPSA) is 37.8 Å². The van der Waals surface area contributed by atoms with E-state index in [0.717, 1.165) is 29.4 Å². The second-order valence-corrected chi connectivity index (χ2v) is 5.00. The lowest BCUT2D eigenvalue weighted by molar-refractivity contribution is 0.756. The van der Waals surface area contributed by atoms with Crippen LogP contribution in [0.25, 0.3) is 0 Å². The summed E-state index contributed by atoms with van der Waals surface area (Å²) in [5.74, 6) is 0.875. The van der Waals surface area contributed by atoms with Crippen LogP contribution in [0.2, 0.25) is 5.02 Å². The fraction of sp³-hybridized carbons (Fsp3) is 0.286. The molecule has 0 bridgehead atoms. The van der Waals surface area contributed by atoms with Crippen LogP contribution in [0.15, 0.2) is 30.6 Å². The number of halogens is 1. The third kappa shape index (κ3) is 2.06. The molecule has 1 atom stereocenters. The minimum Gasteiger partial charge on any atom is -0.363 e. The van der Waals surface area contributed by atoms with Crippen molar-refractivity contribution in [3.63, 3.8) is 0 Å². The van der Waals surface area contributed by atoms with Gasteiger partial charge >= 0.3 is 0 Å². The molecular weight excluding hydrogens is 246 g/mol. The third-order valence-corrected chi connectivity index (χ3v) is 3.69. The van der Waals surface area contributed by atoms with E-state index >= 15 is 0 Å². The summed E-state index contributed by atoms with van der Waals surface area (Å²) in [6.45, 7) is 1.96. The predicted molar refractivity (Wildman–Crippen MR) is 72.9 cm³/mol. The molecule has 3 rings (SSSR count). The van der Waals surface area contributed by atoms with E-state index in [9.17, 15) is 0 Å². The van der Waals surface area contributed by atoms with E-state index in [1.54, 1.807) is 6.33 Å². The summed E-state index contributed by atoms with van der Waals surface area (Å²) >= 11 is 6.21. The van der Waals surface area contributed by atoms with E-state index in [2.05, 4.69) is 21.4 Å². The largest absolute Gasteiger partial charge is 0.363 e. The van der Waals surface area contributed by atoms with E-state index in [1.807, 2.05) is 25.1 Å². The maximum Gasteiger partial charge on any atom is 0.130 e. The Bertz CT molecular complexity index is 583. The van der Waals surface area contributed by atoms with E-state index in [1.165, 1.54) is 11.1 Å². The SMILES string of the molecule is Cc1cc(NC2CCc3c(Cl)cccc32)ncn1. The fourth-order valence-electron chi connectivity index (χ4n) is 2.47. The maximum absolute atomic E-state index is 6.21. The minimum absolute atomic E-state index is 0.299. The Kier molecular flexibility index (Phi) is 2.92. The van der Waals surface area contributed by atoms with E-state index in [4.69, 9.17) is 11.6 Å². The molecule has 0 saturated heterocycles. The molecule has 92 valence electrons. The zero-order valence-corrected chi connectivity index (χ0v) is 10.9. The summed E-state index contributed by atoms with van der Waals surface area (Å²) in [4.78, 5) is 8.34. The summed E-state index contributed by atoms with van der Waals surface area (Å²) < 4.78 is 0. The van der Waals surface area contributed by atoms with Gasteiger partial charge in [-0.15, -0.1) is 0 Å².